The van der Waals surface area contributed by atoms with Crippen LogP contribution in [-0.4, -0.2) is 58.8 Å². The minimum Gasteiger partial charge on any atom is -0.493 e. The molecule has 4 rings (SSSR count). The number of anilines is 1. The van der Waals surface area contributed by atoms with E-state index in [0.29, 0.717) is 60.7 Å². The SMILES string of the molecule is COC(=O)[C@H](Cc1ccccc1)NC(=O)CCCNc1ccc2c(cc1=O)[C@@H](NC(C)=O)CCc1cc(OC)c(OC)c(OC)c1-2. The molecule has 11 heteroatoms. The molecular weight excluding hydrogens is 590 g/mol. The predicted molar refractivity (Wildman–Crippen MR) is 174 cm³/mol. The molecule has 0 spiro atoms. The van der Waals surface area contributed by atoms with Gasteiger partial charge in [-0.15, -0.1) is 0 Å². The number of hydrogen-bond donors (Lipinski definition) is 3. The minimum atomic E-state index is -0.806. The molecule has 0 saturated heterocycles. The zero-order valence-corrected chi connectivity index (χ0v) is 26.9. The summed E-state index contributed by atoms with van der Waals surface area (Å²) in [6.07, 6.45) is 2.00. The zero-order valence-electron chi connectivity index (χ0n) is 26.9. The summed E-state index contributed by atoms with van der Waals surface area (Å²) in [4.78, 5) is 50.7. The van der Waals surface area contributed by atoms with E-state index < -0.39 is 18.1 Å². The van der Waals surface area contributed by atoms with Gasteiger partial charge in [0.05, 0.1) is 40.2 Å². The van der Waals surface area contributed by atoms with E-state index in [1.165, 1.54) is 21.1 Å². The van der Waals surface area contributed by atoms with Crippen LogP contribution in [0.2, 0.25) is 0 Å². The summed E-state index contributed by atoms with van der Waals surface area (Å²) < 4.78 is 21.9. The highest BCUT2D eigenvalue weighted by Gasteiger charge is 2.29. The average Bonchev–Trinajstić information content (AvgIpc) is 3.29. The van der Waals surface area contributed by atoms with Gasteiger partial charge in [0.15, 0.2) is 11.5 Å². The van der Waals surface area contributed by atoms with E-state index in [1.807, 2.05) is 42.5 Å². The molecule has 0 radical (unpaired) electrons. The molecule has 0 unspecified atom stereocenters. The van der Waals surface area contributed by atoms with Crippen molar-refractivity contribution in [3.05, 3.63) is 81.5 Å². The quantitative estimate of drug-likeness (QED) is 0.189. The lowest BCUT2D eigenvalue weighted by Gasteiger charge is -2.19. The fourth-order valence-electron chi connectivity index (χ4n) is 5.78. The molecule has 11 nitrogen and oxygen atoms in total. The Morgan fingerprint density at radius 2 is 1.67 bits per heavy atom. The number of benzene rings is 2. The Labute approximate surface area is 268 Å². The number of nitrogens with one attached hydrogen (secondary N) is 3. The fourth-order valence-corrected chi connectivity index (χ4v) is 5.78. The smallest absolute Gasteiger partial charge is 0.328 e. The molecule has 1 aliphatic carbocycles. The number of fused-ring (bicyclic) bond motifs is 3. The van der Waals surface area contributed by atoms with E-state index in [1.54, 1.807) is 26.4 Å². The second kappa shape index (κ2) is 15.8. The summed E-state index contributed by atoms with van der Waals surface area (Å²) in [5.74, 6) is 0.390. The van der Waals surface area contributed by atoms with Crippen LogP contribution in [0.5, 0.6) is 17.2 Å². The second-order valence-corrected chi connectivity index (χ2v) is 11.0. The number of esters is 1. The van der Waals surface area contributed by atoms with Crippen molar-refractivity contribution in [2.45, 2.75) is 51.1 Å². The summed E-state index contributed by atoms with van der Waals surface area (Å²) >= 11 is 0. The van der Waals surface area contributed by atoms with Crippen LogP contribution in [0.3, 0.4) is 0 Å². The third-order valence-corrected chi connectivity index (χ3v) is 7.92. The number of methoxy groups -OCH3 is 4. The van der Waals surface area contributed by atoms with Crippen molar-refractivity contribution < 1.29 is 33.3 Å². The van der Waals surface area contributed by atoms with E-state index in [4.69, 9.17) is 18.9 Å². The molecule has 0 heterocycles. The van der Waals surface area contributed by atoms with Gasteiger partial charge >= 0.3 is 5.97 Å². The fraction of sp³-hybridized carbons (Fsp3) is 0.371. The first-order valence-electron chi connectivity index (χ1n) is 15.1. The maximum absolute atomic E-state index is 13.5. The average molecular weight is 632 g/mol. The molecule has 244 valence electrons. The Kier molecular flexibility index (Phi) is 11.6. The van der Waals surface area contributed by atoms with Gasteiger partial charge in [-0.25, -0.2) is 4.79 Å². The van der Waals surface area contributed by atoms with E-state index in [-0.39, 0.29) is 23.7 Å². The van der Waals surface area contributed by atoms with Crippen LogP contribution in [0.25, 0.3) is 11.1 Å². The van der Waals surface area contributed by atoms with Crippen molar-refractivity contribution in [2.24, 2.45) is 0 Å². The van der Waals surface area contributed by atoms with Gasteiger partial charge in [-0.3, -0.25) is 14.4 Å². The van der Waals surface area contributed by atoms with Gasteiger partial charge in [0.1, 0.15) is 6.04 Å². The van der Waals surface area contributed by atoms with Crippen LogP contribution in [0.1, 0.15) is 48.9 Å². The van der Waals surface area contributed by atoms with E-state index in [0.717, 1.165) is 22.3 Å². The molecule has 46 heavy (non-hydrogen) atoms. The number of carbonyl (C=O) groups excluding carboxylic acids is 3. The van der Waals surface area contributed by atoms with Gasteiger partial charge in [0.25, 0.3) is 0 Å². The van der Waals surface area contributed by atoms with Gasteiger partial charge in [0, 0.05) is 31.9 Å². The second-order valence-electron chi connectivity index (χ2n) is 11.0. The lowest BCUT2D eigenvalue weighted by molar-refractivity contribution is -0.145. The first-order valence-corrected chi connectivity index (χ1v) is 15.1. The van der Waals surface area contributed by atoms with Crippen molar-refractivity contribution in [2.75, 3.05) is 40.3 Å². The summed E-state index contributed by atoms with van der Waals surface area (Å²) in [6.45, 7) is 1.78. The monoisotopic (exact) mass is 631 g/mol. The minimum absolute atomic E-state index is 0.135. The van der Waals surface area contributed by atoms with Gasteiger partial charge < -0.3 is 34.9 Å². The molecular formula is C35H41N3O8. The number of carbonyl (C=O) groups is 3. The third-order valence-electron chi connectivity index (χ3n) is 7.92. The van der Waals surface area contributed by atoms with E-state index in [2.05, 4.69) is 16.0 Å². The summed E-state index contributed by atoms with van der Waals surface area (Å²) in [7, 11) is 5.93. The van der Waals surface area contributed by atoms with Gasteiger partial charge in [-0.2, -0.15) is 0 Å². The number of amides is 2. The van der Waals surface area contributed by atoms with Crippen molar-refractivity contribution in [3.63, 3.8) is 0 Å². The highest BCUT2D eigenvalue weighted by molar-refractivity contribution is 5.85. The number of ether oxygens (including phenoxy) is 4. The molecule has 3 aromatic carbocycles. The standard InChI is InChI=1S/C35H41N3O8/c1-21(39)37-26-15-13-23-19-30(43-2)33(44-3)34(45-4)32(23)24-14-16-27(29(40)20-25(24)26)36-17-9-12-31(41)38-28(35(42)46-5)18-22-10-7-6-8-11-22/h6-8,10-11,14,16,19-20,26,28H,9,12-13,15,17-18H2,1-5H3,(H,36,40)(H,37,39)(H,38,41)/t26-,28-/m0/s1. The van der Waals surface area contributed by atoms with Crippen molar-refractivity contribution >= 4 is 23.5 Å². The molecule has 2 amide bonds. The molecule has 3 aromatic rings. The molecule has 0 aromatic heterocycles. The summed E-state index contributed by atoms with van der Waals surface area (Å²) in [5.41, 5.74) is 4.05. The number of rotatable bonds is 13. The van der Waals surface area contributed by atoms with Crippen molar-refractivity contribution in [1.29, 1.82) is 0 Å². The van der Waals surface area contributed by atoms with Crippen molar-refractivity contribution in [1.82, 2.24) is 10.6 Å². The Balaban J connectivity index is 1.55. The topological polar surface area (TPSA) is 141 Å². The Morgan fingerprint density at radius 3 is 2.33 bits per heavy atom. The highest BCUT2D eigenvalue weighted by atomic mass is 16.5. The summed E-state index contributed by atoms with van der Waals surface area (Å²) in [6, 6.07) is 15.1. The van der Waals surface area contributed by atoms with Gasteiger partial charge in [-0.1, -0.05) is 36.4 Å². The molecule has 0 saturated carbocycles. The van der Waals surface area contributed by atoms with Crippen LogP contribution in [0.15, 0.2) is 59.4 Å². The van der Waals surface area contributed by atoms with Crippen LogP contribution in [-0.2, 0) is 32.0 Å². The zero-order chi connectivity index (χ0) is 33.2. The molecule has 0 aliphatic heterocycles. The first-order chi connectivity index (χ1) is 22.2. The van der Waals surface area contributed by atoms with Crippen LogP contribution in [0, 0.1) is 0 Å². The molecule has 3 N–H and O–H groups in total. The maximum Gasteiger partial charge on any atom is 0.328 e. The Hall–Kier alpha value is -5.06. The number of aryl methyl sites for hydroxylation is 1. The van der Waals surface area contributed by atoms with Crippen LogP contribution >= 0.6 is 0 Å². The van der Waals surface area contributed by atoms with Gasteiger partial charge in [0.2, 0.25) is 23.0 Å². The first kappa shape index (κ1) is 33.8. The molecule has 2 atom stereocenters. The summed E-state index contributed by atoms with van der Waals surface area (Å²) in [5, 5.41) is 8.92. The molecule has 0 fully saturated rings. The largest absolute Gasteiger partial charge is 0.493 e. The molecule has 1 aliphatic rings. The van der Waals surface area contributed by atoms with Crippen LogP contribution < -0.4 is 35.6 Å². The Morgan fingerprint density at radius 1 is 0.935 bits per heavy atom. The molecule has 0 bridgehead atoms. The Bertz CT molecular complexity index is 1630. The van der Waals surface area contributed by atoms with Crippen LogP contribution in [0.4, 0.5) is 5.69 Å². The highest BCUT2D eigenvalue weighted by Crippen LogP contribution is 2.50. The lowest BCUT2D eigenvalue weighted by atomic mass is 9.95. The van der Waals surface area contributed by atoms with Gasteiger partial charge in [-0.05, 0) is 59.7 Å². The van der Waals surface area contributed by atoms with Crippen molar-refractivity contribution in [3.8, 4) is 28.4 Å². The lowest BCUT2D eigenvalue weighted by Crippen LogP contribution is -2.43. The predicted octanol–water partition coefficient (Wildman–Crippen LogP) is 3.96. The van der Waals surface area contributed by atoms with E-state index >= 15 is 0 Å². The third kappa shape index (κ3) is 7.96. The normalized spacial score (nSPS) is 14.0. The number of hydrogen-bond acceptors (Lipinski definition) is 9. The maximum atomic E-state index is 13.5. The van der Waals surface area contributed by atoms with E-state index in [9.17, 15) is 19.2 Å².